The van der Waals surface area contributed by atoms with Crippen molar-refractivity contribution in [1.29, 1.82) is 0 Å². The van der Waals surface area contributed by atoms with Crippen LogP contribution in [0.3, 0.4) is 0 Å². The Labute approximate surface area is 163 Å². The summed E-state index contributed by atoms with van der Waals surface area (Å²) in [5.41, 5.74) is 2.57. The maximum Gasteiger partial charge on any atom is 0.232 e. The van der Waals surface area contributed by atoms with Gasteiger partial charge in [-0.25, -0.2) is 0 Å². The van der Waals surface area contributed by atoms with Gasteiger partial charge in [-0.05, 0) is 41.7 Å². The van der Waals surface area contributed by atoms with Crippen LogP contribution < -0.4 is 4.90 Å². The van der Waals surface area contributed by atoms with Gasteiger partial charge in [0.15, 0.2) is 5.78 Å². The molecule has 0 saturated heterocycles. The molecule has 0 aromatic heterocycles. The maximum absolute atomic E-state index is 13.2. The Morgan fingerprint density at radius 2 is 1.68 bits per heavy atom. The zero-order valence-corrected chi connectivity index (χ0v) is 16.0. The van der Waals surface area contributed by atoms with E-state index < -0.39 is 0 Å². The van der Waals surface area contributed by atoms with E-state index in [0.29, 0.717) is 24.1 Å². The Balaban J connectivity index is 1.89. The smallest absolute Gasteiger partial charge is 0.232 e. The number of phenols is 2. The summed E-state index contributed by atoms with van der Waals surface area (Å²) in [6.07, 6.45) is 1.21. The molecule has 0 radical (unpaired) electrons. The first-order valence-corrected chi connectivity index (χ1v) is 9.42. The standard InChI is InChI=1S/C23H23NO4/c1-23(2)12-19-22(20(27)13-23)18(14-6-8-16(25)9-7-14)11-21(28)24(19)15-4-3-5-17(26)10-15/h3-10,18,25-26H,11-13H2,1-2H3. The molecule has 1 atom stereocenters. The van der Waals surface area contributed by atoms with E-state index in [2.05, 4.69) is 0 Å². The van der Waals surface area contributed by atoms with E-state index in [1.165, 1.54) is 0 Å². The summed E-state index contributed by atoms with van der Waals surface area (Å²) < 4.78 is 0. The van der Waals surface area contributed by atoms with Crippen LogP contribution in [0.5, 0.6) is 11.5 Å². The molecule has 4 rings (SSSR count). The minimum absolute atomic E-state index is 0.0574. The molecule has 2 aromatic rings. The lowest BCUT2D eigenvalue weighted by atomic mass is 9.69. The number of allylic oxidation sites excluding steroid dienone is 2. The number of carbonyl (C=O) groups excluding carboxylic acids is 2. The third-order valence-electron chi connectivity index (χ3n) is 5.53. The molecule has 0 saturated carbocycles. The molecule has 28 heavy (non-hydrogen) atoms. The zero-order chi connectivity index (χ0) is 20.1. The number of hydrogen-bond acceptors (Lipinski definition) is 4. The number of rotatable bonds is 2. The lowest BCUT2D eigenvalue weighted by molar-refractivity contribution is -0.121. The highest BCUT2D eigenvalue weighted by Gasteiger charge is 2.44. The van der Waals surface area contributed by atoms with E-state index in [1.54, 1.807) is 53.4 Å². The van der Waals surface area contributed by atoms with Crippen molar-refractivity contribution in [2.24, 2.45) is 5.41 Å². The Kier molecular flexibility index (Phi) is 4.26. The molecule has 1 aliphatic carbocycles. The van der Waals surface area contributed by atoms with Crippen molar-refractivity contribution in [3.8, 4) is 11.5 Å². The molecule has 1 heterocycles. The molecular formula is C23H23NO4. The van der Waals surface area contributed by atoms with E-state index in [1.807, 2.05) is 13.8 Å². The largest absolute Gasteiger partial charge is 0.508 e. The molecule has 0 bridgehead atoms. The van der Waals surface area contributed by atoms with E-state index in [-0.39, 0.29) is 40.9 Å². The minimum Gasteiger partial charge on any atom is -0.508 e. The number of phenolic OH excluding ortho intramolecular Hbond substituents is 2. The van der Waals surface area contributed by atoms with Crippen molar-refractivity contribution in [2.45, 2.75) is 39.0 Å². The van der Waals surface area contributed by atoms with Gasteiger partial charge < -0.3 is 10.2 Å². The van der Waals surface area contributed by atoms with Gasteiger partial charge in [0.25, 0.3) is 0 Å². The number of benzene rings is 2. The van der Waals surface area contributed by atoms with Crippen LogP contribution in [0, 0.1) is 5.41 Å². The molecule has 1 aliphatic heterocycles. The number of anilines is 1. The monoisotopic (exact) mass is 377 g/mol. The number of carbonyl (C=O) groups is 2. The van der Waals surface area contributed by atoms with E-state index >= 15 is 0 Å². The molecule has 0 fully saturated rings. The average Bonchev–Trinajstić information content (AvgIpc) is 2.60. The molecule has 144 valence electrons. The van der Waals surface area contributed by atoms with Crippen molar-refractivity contribution in [3.05, 3.63) is 65.4 Å². The first kappa shape index (κ1) is 18.3. The van der Waals surface area contributed by atoms with Gasteiger partial charge in [0.05, 0.1) is 5.69 Å². The molecule has 1 unspecified atom stereocenters. The summed E-state index contributed by atoms with van der Waals surface area (Å²) in [5.74, 6) is -0.137. The van der Waals surface area contributed by atoms with Crippen molar-refractivity contribution in [1.82, 2.24) is 0 Å². The van der Waals surface area contributed by atoms with E-state index in [4.69, 9.17) is 0 Å². The van der Waals surface area contributed by atoms with Crippen LogP contribution in [0.2, 0.25) is 0 Å². The van der Waals surface area contributed by atoms with Gasteiger partial charge >= 0.3 is 0 Å². The highest BCUT2D eigenvalue weighted by molar-refractivity contribution is 6.07. The summed E-state index contributed by atoms with van der Waals surface area (Å²) >= 11 is 0. The number of aromatic hydroxyl groups is 2. The van der Waals surface area contributed by atoms with Crippen molar-refractivity contribution < 1.29 is 19.8 Å². The van der Waals surface area contributed by atoms with Gasteiger partial charge in [0.1, 0.15) is 11.5 Å². The Bertz CT molecular complexity index is 988. The predicted octanol–water partition coefficient (Wildman–Crippen LogP) is 4.26. The summed E-state index contributed by atoms with van der Waals surface area (Å²) in [7, 11) is 0. The Morgan fingerprint density at radius 3 is 2.36 bits per heavy atom. The SMILES string of the molecule is CC1(C)CC(=O)C2=C(C1)N(c1cccc(O)c1)C(=O)CC2c1ccc(O)cc1. The number of amides is 1. The molecule has 5 heteroatoms. The van der Waals surface area contributed by atoms with Gasteiger partial charge in [-0.15, -0.1) is 0 Å². The highest BCUT2D eigenvalue weighted by atomic mass is 16.3. The van der Waals surface area contributed by atoms with Gasteiger partial charge in [-0.1, -0.05) is 32.0 Å². The summed E-state index contributed by atoms with van der Waals surface area (Å²) in [5, 5.41) is 19.5. The fraction of sp³-hybridized carbons (Fsp3) is 0.304. The van der Waals surface area contributed by atoms with Crippen LogP contribution in [0.1, 0.15) is 44.6 Å². The molecule has 2 aliphatic rings. The molecule has 2 aromatic carbocycles. The van der Waals surface area contributed by atoms with Crippen molar-refractivity contribution in [3.63, 3.8) is 0 Å². The van der Waals surface area contributed by atoms with Gasteiger partial charge in [-0.2, -0.15) is 0 Å². The topological polar surface area (TPSA) is 77.8 Å². The highest BCUT2D eigenvalue weighted by Crippen LogP contribution is 2.48. The van der Waals surface area contributed by atoms with Gasteiger partial charge in [0, 0.05) is 36.1 Å². The summed E-state index contributed by atoms with van der Waals surface area (Å²) in [4.78, 5) is 27.9. The number of hydrogen-bond donors (Lipinski definition) is 2. The second kappa shape index (κ2) is 6.51. The van der Waals surface area contributed by atoms with Crippen LogP contribution in [-0.2, 0) is 9.59 Å². The lowest BCUT2D eigenvalue weighted by Crippen LogP contribution is -2.43. The molecule has 5 nitrogen and oxygen atoms in total. The van der Waals surface area contributed by atoms with Crippen LogP contribution >= 0.6 is 0 Å². The quantitative estimate of drug-likeness (QED) is 0.820. The van der Waals surface area contributed by atoms with Crippen LogP contribution in [0.4, 0.5) is 5.69 Å². The number of nitrogens with zero attached hydrogens (tertiary/aromatic N) is 1. The summed E-state index contributed by atoms with van der Waals surface area (Å²) in [6.45, 7) is 4.06. The Morgan fingerprint density at radius 1 is 0.964 bits per heavy atom. The van der Waals surface area contributed by atoms with E-state index in [9.17, 15) is 19.8 Å². The van der Waals surface area contributed by atoms with Crippen LogP contribution in [-0.4, -0.2) is 21.9 Å². The molecule has 1 amide bonds. The second-order valence-corrected chi connectivity index (χ2v) is 8.40. The minimum atomic E-state index is -0.319. The molecule has 0 spiro atoms. The van der Waals surface area contributed by atoms with Crippen molar-refractivity contribution >= 4 is 17.4 Å². The third-order valence-corrected chi connectivity index (χ3v) is 5.53. The predicted molar refractivity (Wildman–Crippen MR) is 106 cm³/mol. The Hall–Kier alpha value is -3.08. The number of Topliss-reactive ketones (excluding diaryl/α,β-unsaturated/α-hetero) is 1. The fourth-order valence-electron chi connectivity index (χ4n) is 4.34. The van der Waals surface area contributed by atoms with Gasteiger partial charge in [-0.3, -0.25) is 14.5 Å². The van der Waals surface area contributed by atoms with Gasteiger partial charge in [0.2, 0.25) is 5.91 Å². The summed E-state index contributed by atoms with van der Waals surface area (Å²) in [6, 6.07) is 13.3. The first-order chi connectivity index (χ1) is 13.2. The fourth-order valence-corrected chi connectivity index (χ4v) is 4.34. The number of ketones is 1. The molecular weight excluding hydrogens is 354 g/mol. The van der Waals surface area contributed by atoms with Crippen LogP contribution in [0.25, 0.3) is 0 Å². The second-order valence-electron chi connectivity index (χ2n) is 8.40. The average molecular weight is 377 g/mol. The zero-order valence-electron chi connectivity index (χ0n) is 16.0. The first-order valence-electron chi connectivity index (χ1n) is 9.42. The third kappa shape index (κ3) is 3.17. The normalized spacial score (nSPS) is 21.6. The van der Waals surface area contributed by atoms with Crippen molar-refractivity contribution in [2.75, 3.05) is 4.90 Å². The lowest BCUT2D eigenvalue weighted by Gasteiger charge is -2.43. The van der Waals surface area contributed by atoms with Crippen LogP contribution in [0.15, 0.2) is 59.8 Å². The van der Waals surface area contributed by atoms with E-state index in [0.717, 1.165) is 11.3 Å². The molecule has 2 N–H and O–H groups in total. The maximum atomic E-state index is 13.2.